The Balaban J connectivity index is 2.33. The number of ether oxygens (including phenoxy) is 2. The Morgan fingerprint density at radius 3 is 2.75 bits per heavy atom. The summed E-state index contributed by atoms with van der Waals surface area (Å²) >= 11 is 6.08. The summed E-state index contributed by atoms with van der Waals surface area (Å²) in [7, 11) is 1.43. The fraction of sp³-hybridized carbons (Fsp3) is 0.214. The zero-order chi connectivity index (χ0) is 14.7. The molecule has 0 fully saturated rings. The molecule has 0 aliphatic heterocycles. The largest absolute Gasteiger partial charge is 0.493 e. The molecule has 2 aromatic rings. The van der Waals surface area contributed by atoms with Crippen molar-refractivity contribution in [2.24, 2.45) is 0 Å². The van der Waals surface area contributed by atoms with E-state index in [0.29, 0.717) is 5.75 Å². The lowest BCUT2D eigenvalue weighted by molar-refractivity contribution is 0.0696. The molecule has 0 saturated carbocycles. The Hall–Kier alpha value is -2.14. The summed E-state index contributed by atoms with van der Waals surface area (Å²) in [6.07, 6.45) is 1.52. The third-order valence-corrected chi connectivity index (χ3v) is 3.11. The normalized spacial score (nSPS) is 11.9. The smallest absolute Gasteiger partial charge is 0.335 e. The SMILES string of the molecule is COc1cc(C(=O)O)cc(Cl)c1OC(C)c1ccc[nH]1. The first kappa shape index (κ1) is 14.3. The van der Waals surface area contributed by atoms with Gasteiger partial charge in [-0.05, 0) is 31.2 Å². The Kier molecular flexibility index (Phi) is 4.20. The number of H-pyrrole nitrogens is 1. The molecule has 0 radical (unpaired) electrons. The number of aromatic amines is 1. The number of methoxy groups -OCH3 is 1. The maximum absolute atomic E-state index is 11.0. The summed E-state index contributed by atoms with van der Waals surface area (Å²) in [4.78, 5) is 14.0. The van der Waals surface area contributed by atoms with Gasteiger partial charge in [0.15, 0.2) is 11.5 Å². The van der Waals surface area contributed by atoms with Gasteiger partial charge in [-0.25, -0.2) is 4.79 Å². The first-order chi connectivity index (χ1) is 9.52. The number of benzene rings is 1. The van der Waals surface area contributed by atoms with Crippen LogP contribution in [0.25, 0.3) is 0 Å². The van der Waals surface area contributed by atoms with Gasteiger partial charge in [0.1, 0.15) is 6.10 Å². The molecule has 20 heavy (non-hydrogen) atoms. The van der Waals surface area contributed by atoms with E-state index in [1.807, 2.05) is 19.1 Å². The standard InChI is InChI=1S/C14H14ClNO4/c1-8(11-4-3-5-16-11)20-13-10(15)6-9(14(17)18)7-12(13)19-2/h3-8,16H,1-2H3,(H,17,18). The zero-order valence-electron chi connectivity index (χ0n) is 11.0. The highest BCUT2D eigenvalue weighted by Gasteiger charge is 2.18. The van der Waals surface area contributed by atoms with Crippen LogP contribution in [0, 0.1) is 0 Å². The molecule has 0 bridgehead atoms. The van der Waals surface area contributed by atoms with Gasteiger partial charge < -0.3 is 19.6 Å². The summed E-state index contributed by atoms with van der Waals surface area (Å²) in [5, 5.41) is 9.19. The lowest BCUT2D eigenvalue weighted by Crippen LogP contribution is -2.06. The zero-order valence-corrected chi connectivity index (χ0v) is 11.8. The fourth-order valence-corrected chi connectivity index (χ4v) is 2.05. The second-order valence-corrected chi connectivity index (χ2v) is 4.59. The molecule has 0 amide bonds. The van der Waals surface area contributed by atoms with Crippen molar-refractivity contribution in [3.8, 4) is 11.5 Å². The molecular formula is C14H14ClNO4. The van der Waals surface area contributed by atoms with Gasteiger partial charge in [0, 0.05) is 6.20 Å². The molecule has 0 spiro atoms. The second kappa shape index (κ2) is 5.88. The summed E-state index contributed by atoms with van der Waals surface area (Å²) in [5.41, 5.74) is 0.928. The molecule has 1 unspecified atom stereocenters. The minimum atomic E-state index is -1.07. The molecule has 1 heterocycles. The number of rotatable bonds is 5. The molecule has 6 heteroatoms. The van der Waals surface area contributed by atoms with E-state index in [1.54, 1.807) is 6.20 Å². The van der Waals surface area contributed by atoms with Gasteiger partial charge in [0.2, 0.25) is 0 Å². The van der Waals surface area contributed by atoms with Gasteiger partial charge in [-0.1, -0.05) is 11.6 Å². The number of aromatic nitrogens is 1. The Morgan fingerprint density at radius 1 is 1.45 bits per heavy atom. The molecule has 1 aromatic carbocycles. The summed E-state index contributed by atoms with van der Waals surface area (Å²) in [6.45, 7) is 1.85. The van der Waals surface area contributed by atoms with E-state index >= 15 is 0 Å². The van der Waals surface area contributed by atoms with Gasteiger partial charge in [-0.15, -0.1) is 0 Å². The number of hydrogen-bond acceptors (Lipinski definition) is 3. The van der Waals surface area contributed by atoms with E-state index in [1.165, 1.54) is 19.2 Å². The van der Waals surface area contributed by atoms with Crippen molar-refractivity contribution in [2.75, 3.05) is 7.11 Å². The van der Waals surface area contributed by atoms with Crippen LogP contribution in [0.3, 0.4) is 0 Å². The number of nitrogens with one attached hydrogen (secondary N) is 1. The van der Waals surface area contributed by atoms with E-state index in [4.69, 9.17) is 26.2 Å². The van der Waals surface area contributed by atoms with Crippen LogP contribution in [0.1, 0.15) is 29.1 Å². The molecule has 0 aliphatic carbocycles. The quantitative estimate of drug-likeness (QED) is 0.885. The monoisotopic (exact) mass is 295 g/mol. The third-order valence-electron chi connectivity index (χ3n) is 2.83. The van der Waals surface area contributed by atoms with E-state index in [9.17, 15) is 4.79 Å². The Labute approximate surface area is 121 Å². The van der Waals surface area contributed by atoms with Crippen molar-refractivity contribution >= 4 is 17.6 Å². The van der Waals surface area contributed by atoms with Crippen LogP contribution >= 0.6 is 11.6 Å². The highest BCUT2D eigenvalue weighted by Crippen LogP contribution is 2.38. The minimum absolute atomic E-state index is 0.0479. The van der Waals surface area contributed by atoms with Crippen LogP contribution < -0.4 is 9.47 Å². The van der Waals surface area contributed by atoms with E-state index in [2.05, 4.69) is 4.98 Å². The molecule has 0 aliphatic rings. The Bertz CT molecular complexity index is 610. The maximum atomic E-state index is 11.0. The van der Waals surface area contributed by atoms with Crippen molar-refractivity contribution in [3.63, 3.8) is 0 Å². The van der Waals surface area contributed by atoms with Crippen LogP contribution in [-0.2, 0) is 0 Å². The molecule has 2 N–H and O–H groups in total. The maximum Gasteiger partial charge on any atom is 0.335 e. The number of aromatic carboxylic acids is 1. The van der Waals surface area contributed by atoms with Gasteiger partial charge in [-0.2, -0.15) is 0 Å². The van der Waals surface area contributed by atoms with Crippen LogP contribution in [0.15, 0.2) is 30.5 Å². The lowest BCUT2D eigenvalue weighted by atomic mass is 10.2. The van der Waals surface area contributed by atoms with Crippen molar-refractivity contribution in [2.45, 2.75) is 13.0 Å². The van der Waals surface area contributed by atoms with Crippen LogP contribution in [0.4, 0.5) is 0 Å². The topological polar surface area (TPSA) is 71.6 Å². The predicted molar refractivity (Wildman–Crippen MR) is 74.8 cm³/mol. The number of carbonyl (C=O) groups is 1. The predicted octanol–water partition coefficient (Wildman–Crippen LogP) is 3.51. The van der Waals surface area contributed by atoms with Crippen LogP contribution in [0.2, 0.25) is 5.02 Å². The molecule has 1 aromatic heterocycles. The van der Waals surface area contributed by atoms with Gasteiger partial charge in [0.05, 0.1) is 23.4 Å². The number of carboxylic acid groups (broad SMARTS) is 1. The average molecular weight is 296 g/mol. The number of halogens is 1. The minimum Gasteiger partial charge on any atom is -0.493 e. The highest BCUT2D eigenvalue weighted by molar-refractivity contribution is 6.32. The highest BCUT2D eigenvalue weighted by atomic mass is 35.5. The average Bonchev–Trinajstić information content (AvgIpc) is 2.94. The molecular weight excluding hydrogens is 282 g/mol. The first-order valence-corrected chi connectivity index (χ1v) is 6.31. The Morgan fingerprint density at radius 2 is 2.20 bits per heavy atom. The van der Waals surface area contributed by atoms with Gasteiger partial charge in [0.25, 0.3) is 0 Å². The fourth-order valence-electron chi connectivity index (χ4n) is 1.80. The van der Waals surface area contributed by atoms with Crippen molar-refractivity contribution < 1.29 is 19.4 Å². The summed E-state index contributed by atoms with van der Waals surface area (Å²) in [6, 6.07) is 6.46. The third kappa shape index (κ3) is 2.88. The van der Waals surface area contributed by atoms with Gasteiger partial charge >= 0.3 is 5.97 Å². The van der Waals surface area contributed by atoms with Gasteiger partial charge in [-0.3, -0.25) is 0 Å². The summed E-state index contributed by atoms with van der Waals surface area (Å²) in [5.74, 6) is -0.469. The number of hydrogen-bond donors (Lipinski definition) is 2. The van der Waals surface area contributed by atoms with Crippen LogP contribution in [0.5, 0.6) is 11.5 Å². The van der Waals surface area contributed by atoms with E-state index in [-0.39, 0.29) is 22.4 Å². The molecule has 2 rings (SSSR count). The lowest BCUT2D eigenvalue weighted by Gasteiger charge is -2.17. The van der Waals surface area contributed by atoms with Crippen molar-refractivity contribution in [1.82, 2.24) is 4.98 Å². The van der Waals surface area contributed by atoms with Crippen molar-refractivity contribution in [3.05, 3.63) is 46.7 Å². The molecule has 0 saturated heterocycles. The van der Waals surface area contributed by atoms with E-state index in [0.717, 1.165) is 5.69 Å². The second-order valence-electron chi connectivity index (χ2n) is 4.18. The molecule has 106 valence electrons. The summed E-state index contributed by atoms with van der Waals surface area (Å²) < 4.78 is 10.9. The van der Waals surface area contributed by atoms with Crippen molar-refractivity contribution in [1.29, 1.82) is 0 Å². The number of carboxylic acids is 1. The van der Waals surface area contributed by atoms with E-state index < -0.39 is 5.97 Å². The molecule has 5 nitrogen and oxygen atoms in total. The van der Waals surface area contributed by atoms with Crippen LogP contribution in [-0.4, -0.2) is 23.2 Å². The molecule has 1 atom stereocenters. The first-order valence-electron chi connectivity index (χ1n) is 5.93.